The number of carbonyl (C=O) groups excluding carboxylic acids is 1. The summed E-state index contributed by atoms with van der Waals surface area (Å²) >= 11 is 0. The second-order valence-corrected chi connectivity index (χ2v) is 7.83. The number of nitrogens with zero attached hydrogens (tertiary/aromatic N) is 4. The molecule has 1 amide bonds. The number of amides is 1. The van der Waals surface area contributed by atoms with Crippen LogP contribution in [0.3, 0.4) is 0 Å². The van der Waals surface area contributed by atoms with Crippen LogP contribution in [0, 0.1) is 11.7 Å². The molecule has 152 valence electrons. The molecule has 1 aliphatic heterocycles. The van der Waals surface area contributed by atoms with Gasteiger partial charge in [0.2, 0.25) is 5.91 Å². The van der Waals surface area contributed by atoms with Gasteiger partial charge in [0, 0.05) is 42.2 Å². The monoisotopic (exact) mass is 403 g/mol. The number of aromatic nitrogens is 3. The Labute approximate surface area is 174 Å². The van der Waals surface area contributed by atoms with Crippen molar-refractivity contribution < 1.29 is 9.18 Å². The molecule has 2 aliphatic rings. The number of carbonyl (C=O) groups is 1. The predicted molar refractivity (Wildman–Crippen MR) is 111 cm³/mol. The summed E-state index contributed by atoms with van der Waals surface area (Å²) in [5, 5.41) is 3.19. The molecule has 0 spiro atoms. The van der Waals surface area contributed by atoms with Crippen LogP contribution >= 0.6 is 0 Å². The average Bonchev–Trinajstić information content (AvgIpc) is 3.50. The summed E-state index contributed by atoms with van der Waals surface area (Å²) in [7, 11) is 0. The van der Waals surface area contributed by atoms with Crippen LogP contribution in [-0.4, -0.2) is 32.3 Å². The topological polar surface area (TPSA) is 71.0 Å². The van der Waals surface area contributed by atoms with E-state index in [1.54, 1.807) is 24.5 Å². The third-order valence-corrected chi connectivity index (χ3v) is 5.58. The van der Waals surface area contributed by atoms with Crippen LogP contribution in [-0.2, 0) is 4.79 Å². The Morgan fingerprint density at radius 1 is 1.07 bits per heavy atom. The summed E-state index contributed by atoms with van der Waals surface area (Å²) in [5.74, 6) is 1.26. The lowest BCUT2D eigenvalue weighted by molar-refractivity contribution is -0.133. The van der Waals surface area contributed by atoms with E-state index in [1.165, 1.54) is 12.1 Å². The van der Waals surface area contributed by atoms with Crippen molar-refractivity contribution in [2.24, 2.45) is 5.92 Å². The normalized spacial score (nSPS) is 18.4. The molecule has 0 unspecified atom stereocenters. The molecule has 7 heteroatoms. The molecular weight excluding hydrogens is 381 g/mol. The Morgan fingerprint density at radius 2 is 1.90 bits per heavy atom. The molecule has 30 heavy (non-hydrogen) atoms. The lowest BCUT2D eigenvalue weighted by Crippen LogP contribution is -2.32. The molecule has 3 heterocycles. The fourth-order valence-corrected chi connectivity index (χ4v) is 3.93. The minimum Gasteiger partial charge on any atom is -0.340 e. The predicted octanol–water partition coefficient (Wildman–Crippen LogP) is 4.49. The van der Waals surface area contributed by atoms with Gasteiger partial charge in [0.1, 0.15) is 11.6 Å². The van der Waals surface area contributed by atoms with Gasteiger partial charge in [-0.3, -0.25) is 9.78 Å². The largest absolute Gasteiger partial charge is 0.340 e. The summed E-state index contributed by atoms with van der Waals surface area (Å²) in [5.41, 5.74) is 2.26. The minimum absolute atomic E-state index is 0.132. The highest BCUT2D eigenvalue weighted by molar-refractivity contribution is 5.81. The smallest absolute Gasteiger partial charge is 0.226 e. The fraction of sp³-hybridized carbons (Fsp3) is 0.304. The Balaban J connectivity index is 1.53. The highest BCUT2D eigenvalue weighted by atomic mass is 19.1. The molecular formula is C23H22FN5O. The fourth-order valence-electron chi connectivity index (χ4n) is 3.93. The van der Waals surface area contributed by atoms with Gasteiger partial charge in [0.05, 0.1) is 11.7 Å². The van der Waals surface area contributed by atoms with E-state index in [-0.39, 0.29) is 23.7 Å². The molecule has 0 bridgehead atoms. The first-order valence-electron chi connectivity index (χ1n) is 10.3. The van der Waals surface area contributed by atoms with Crippen molar-refractivity contribution in [3.8, 4) is 11.3 Å². The van der Waals surface area contributed by atoms with Gasteiger partial charge in [-0.2, -0.15) is 0 Å². The maximum Gasteiger partial charge on any atom is 0.226 e. The van der Waals surface area contributed by atoms with E-state index in [4.69, 9.17) is 9.97 Å². The van der Waals surface area contributed by atoms with Crippen LogP contribution in [0.5, 0.6) is 0 Å². The van der Waals surface area contributed by atoms with Crippen LogP contribution in [0.1, 0.15) is 37.5 Å². The number of anilines is 2. The second-order valence-electron chi connectivity index (χ2n) is 7.83. The third kappa shape index (κ3) is 3.87. The molecule has 1 aromatic carbocycles. The summed E-state index contributed by atoms with van der Waals surface area (Å²) in [6.07, 6.45) is 7.18. The highest BCUT2D eigenvalue weighted by Gasteiger charge is 2.40. The molecule has 2 aromatic heterocycles. The zero-order chi connectivity index (χ0) is 20.5. The summed E-state index contributed by atoms with van der Waals surface area (Å²) in [6.45, 7) is 0.746. The van der Waals surface area contributed by atoms with Crippen LogP contribution in [0.2, 0.25) is 0 Å². The van der Waals surface area contributed by atoms with Gasteiger partial charge in [-0.15, -0.1) is 0 Å². The van der Waals surface area contributed by atoms with Crippen molar-refractivity contribution in [3.05, 3.63) is 66.5 Å². The van der Waals surface area contributed by atoms with Crippen molar-refractivity contribution in [1.29, 1.82) is 0 Å². The standard InChI is InChI=1S/C23H22FN5O/c24-17-3-1-4-18(13-17)26-21-14-19(15-8-10-25-11-9-15)27-22(28-21)20-5-2-12-29(20)23(30)16-6-7-16/h1,3-4,8-11,13-14,16,20H,2,5-7,12H2,(H,26,27,28)/t20-/m0/s1. The molecule has 1 saturated carbocycles. The number of pyridine rings is 1. The van der Waals surface area contributed by atoms with Crippen LogP contribution < -0.4 is 5.32 Å². The maximum atomic E-state index is 13.6. The lowest BCUT2D eigenvalue weighted by atomic mass is 10.1. The summed E-state index contributed by atoms with van der Waals surface area (Å²) in [4.78, 5) is 28.3. The lowest BCUT2D eigenvalue weighted by Gasteiger charge is -2.24. The van der Waals surface area contributed by atoms with E-state index in [0.717, 1.165) is 43.5 Å². The van der Waals surface area contributed by atoms with Gasteiger partial charge in [-0.05, 0) is 56.0 Å². The minimum atomic E-state index is -0.319. The molecule has 1 atom stereocenters. The van der Waals surface area contributed by atoms with Crippen LogP contribution in [0.15, 0.2) is 54.9 Å². The first-order valence-corrected chi connectivity index (χ1v) is 10.3. The number of likely N-dealkylation sites (tertiary alicyclic amines) is 1. The quantitative estimate of drug-likeness (QED) is 0.679. The van der Waals surface area contributed by atoms with Crippen molar-refractivity contribution in [2.75, 3.05) is 11.9 Å². The van der Waals surface area contributed by atoms with E-state index in [2.05, 4.69) is 10.3 Å². The van der Waals surface area contributed by atoms with Crippen LogP contribution in [0.25, 0.3) is 11.3 Å². The van der Waals surface area contributed by atoms with Gasteiger partial charge < -0.3 is 10.2 Å². The molecule has 1 N–H and O–H groups in total. The maximum absolute atomic E-state index is 13.6. The Morgan fingerprint density at radius 3 is 2.67 bits per heavy atom. The Bertz CT molecular complexity index is 1070. The Kier molecular flexibility index (Phi) is 4.86. The van der Waals surface area contributed by atoms with Crippen LogP contribution in [0.4, 0.5) is 15.9 Å². The zero-order valence-electron chi connectivity index (χ0n) is 16.5. The second kappa shape index (κ2) is 7.82. The summed E-state index contributed by atoms with van der Waals surface area (Å²) in [6, 6.07) is 11.7. The van der Waals surface area contributed by atoms with E-state index >= 15 is 0 Å². The molecule has 2 fully saturated rings. The number of benzene rings is 1. The molecule has 1 saturated heterocycles. The molecule has 0 radical (unpaired) electrons. The van der Waals surface area contributed by atoms with Crippen molar-refractivity contribution in [3.63, 3.8) is 0 Å². The van der Waals surface area contributed by atoms with Gasteiger partial charge >= 0.3 is 0 Å². The summed E-state index contributed by atoms with van der Waals surface area (Å²) < 4.78 is 13.6. The molecule has 1 aliphatic carbocycles. The van der Waals surface area contributed by atoms with E-state index in [1.807, 2.05) is 23.1 Å². The van der Waals surface area contributed by atoms with Gasteiger partial charge in [0.25, 0.3) is 0 Å². The average molecular weight is 403 g/mol. The SMILES string of the molecule is O=C(C1CC1)N1CCC[C@H]1c1nc(Nc2cccc(F)c2)cc(-c2ccncc2)n1. The first-order chi connectivity index (χ1) is 14.7. The van der Waals surface area contributed by atoms with E-state index in [9.17, 15) is 9.18 Å². The van der Waals surface area contributed by atoms with Gasteiger partial charge in [-0.1, -0.05) is 6.07 Å². The number of hydrogen-bond donors (Lipinski definition) is 1. The van der Waals surface area contributed by atoms with E-state index in [0.29, 0.717) is 17.3 Å². The third-order valence-electron chi connectivity index (χ3n) is 5.58. The van der Waals surface area contributed by atoms with Crippen molar-refractivity contribution in [2.45, 2.75) is 31.7 Å². The van der Waals surface area contributed by atoms with Gasteiger partial charge in [0.15, 0.2) is 5.82 Å². The molecule has 3 aromatic rings. The van der Waals surface area contributed by atoms with E-state index < -0.39 is 0 Å². The number of rotatable bonds is 5. The Hall–Kier alpha value is -3.35. The molecule has 6 nitrogen and oxygen atoms in total. The molecule has 5 rings (SSSR count). The number of hydrogen-bond acceptors (Lipinski definition) is 5. The zero-order valence-corrected chi connectivity index (χ0v) is 16.5. The highest BCUT2D eigenvalue weighted by Crippen LogP contribution is 2.38. The number of halogens is 1. The number of nitrogens with one attached hydrogen (secondary N) is 1. The van der Waals surface area contributed by atoms with Crippen molar-refractivity contribution in [1.82, 2.24) is 19.9 Å². The first kappa shape index (κ1) is 18.7. The van der Waals surface area contributed by atoms with Gasteiger partial charge in [-0.25, -0.2) is 14.4 Å². The van der Waals surface area contributed by atoms with Crippen molar-refractivity contribution >= 4 is 17.4 Å².